The molecule has 1 atom stereocenters. The fourth-order valence-electron chi connectivity index (χ4n) is 3.36. The van der Waals surface area contributed by atoms with E-state index in [1.165, 1.54) is 17.5 Å². The second kappa shape index (κ2) is 7.32. The molecule has 0 aliphatic heterocycles. The zero-order valence-electron chi connectivity index (χ0n) is 13.3. The van der Waals surface area contributed by atoms with Gasteiger partial charge in [-0.2, -0.15) is 0 Å². The van der Waals surface area contributed by atoms with Gasteiger partial charge in [-0.25, -0.2) is 0 Å². The number of hydrogen-bond acceptors (Lipinski definition) is 2. The minimum absolute atomic E-state index is 0.0521. The molecule has 23 heavy (non-hydrogen) atoms. The van der Waals surface area contributed by atoms with Gasteiger partial charge >= 0.3 is 0 Å². The molecule has 3 heteroatoms. The van der Waals surface area contributed by atoms with Crippen molar-refractivity contribution < 1.29 is 9.90 Å². The average molecular weight is 309 g/mol. The van der Waals surface area contributed by atoms with Gasteiger partial charge in [0, 0.05) is 18.9 Å². The van der Waals surface area contributed by atoms with Gasteiger partial charge in [0.15, 0.2) is 0 Å². The fraction of sp³-hybridized carbons (Fsp3) is 0.350. The molecular formula is C20H23NO2. The van der Waals surface area contributed by atoms with E-state index in [1.54, 1.807) is 12.1 Å². The van der Waals surface area contributed by atoms with E-state index >= 15 is 0 Å². The predicted octanol–water partition coefficient (Wildman–Crippen LogP) is 3.56. The van der Waals surface area contributed by atoms with E-state index in [1.807, 2.05) is 12.1 Å². The molecule has 120 valence electrons. The van der Waals surface area contributed by atoms with Crippen molar-refractivity contribution in [2.75, 3.05) is 6.54 Å². The Kier molecular flexibility index (Phi) is 4.96. The maximum atomic E-state index is 12.1. The van der Waals surface area contributed by atoms with Crippen LogP contribution < -0.4 is 5.32 Å². The first-order chi connectivity index (χ1) is 11.2. The lowest BCUT2D eigenvalue weighted by Crippen LogP contribution is -2.30. The van der Waals surface area contributed by atoms with E-state index in [9.17, 15) is 9.90 Å². The van der Waals surface area contributed by atoms with E-state index in [4.69, 9.17) is 0 Å². The van der Waals surface area contributed by atoms with Gasteiger partial charge in [0.1, 0.15) is 5.75 Å². The molecule has 0 spiro atoms. The van der Waals surface area contributed by atoms with E-state index in [2.05, 4.69) is 29.6 Å². The molecule has 1 aliphatic rings. The summed E-state index contributed by atoms with van der Waals surface area (Å²) in [7, 11) is 0. The summed E-state index contributed by atoms with van der Waals surface area (Å²) in [6.45, 7) is 0.705. The van der Waals surface area contributed by atoms with Crippen LogP contribution in [0.4, 0.5) is 0 Å². The summed E-state index contributed by atoms with van der Waals surface area (Å²) in [6.07, 6.45) is 4.45. The number of aromatic hydroxyl groups is 1. The largest absolute Gasteiger partial charge is 0.508 e. The quantitative estimate of drug-likeness (QED) is 0.887. The number of nitrogens with one attached hydrogen (secondary N) is 1. The number of hydrogen-bond donors (Lipinski definition) is 2. The molecule has 0 aromatic heterocycles. The van der Waals surface area contributed by atoms with Crippen LogP contribution in [-0.2, 0) is 17.6 Å². The molecule has 3 nitrogen and oxygen atoms in total. The lowest BCUT2D eigenvalue weighted by Gasteiger charge is -2.25. The van der Waals surface area contributed by atoms with Crippen LogP contribution in [-0.4, -0.2) is 17.6 Å². The Labute approximate surface area is 137 Å². The van der Waals surface area contributed by atoms with Crippen molar-refractivity contribution in [2.45, 2.75) is 38.0 Å². The molecule has 0 saturated carbocycles. The van der Waals surface area contributed by atoms with E-state index < -0.39 is 0 Å². The Balaban J connectivity index is 1.51. The molecule has 0 heterocycles. The van der Waals surface area contributed by atoms with Crippen molar-refractivity contribution in [1.82, 2.24) is 5.32 Å². The summed E-state index contributed by atoms with van der Waals surface area (Å²) in [5.41, 5.74) is 3.64. The highest BCUT2D eigenvalue weighted by Crippen LogP contribution is 2.30. The molecule has 2 N–H and O–H groups in total. The number of carbonyl (C=O) groups excluding carboxylic acids is 1. The molecule has 3 rings (SSSR count). The number of phenols is 1. The Morgan fingerprint density at radius 1 is 1.13 bits per heavy atom. The van der Waals surface area contributed by atoms with Crippen molar-refractivity contribution >= 4 is 5.91 Å². The molecule has 1 amide bonds. The molecule has 2 aromatic rings. The van der Waals surface area contributed by atoms with Crippen molar-refractivity contribution in [3.05, 3.63) is 65.2 Å². The first kappa shape index (κ1) is 15.6. The lowest BCUT2D eigenvalue weighted by molar-refractivity contribution is -0.121. The maximum absolute atomic E-state index is 12.1. The minimum Gasteiger partial charge on any atom is -0.508 e. The second-order valence-electron chi connectivity index (χ2n) is 6.22. The molecule has 1 unspecified atom stereocenters. The van der Waals surface area contributed by atoms with Gasteiger partial charge in [0.2, 0.25) is 5.91 Å². The predicted molar refractivity (Wildman–Crippen MR) is 91.6 cm³/mol. The Morgan fingerprint density at radius 2 is 1.91 bits per heavy atom. The lowest BCUT2D eigenvalue weighted by atomic mass is 9.83. The van der Waals surface area contributed by atoms with Crippen LogP contribution in [0.5, 0.6) is 5.75 Å². The van der Waals surface area contributed by atoms with Crippen LogP contribution >= 0.6 is 0 Å². The maximum Gasteiger partial charge on any atom is 0.220 e. The zero-order chi connectivity index (χ0) is 16.1. The third kappa shape index (κ3) is 3.92. The molecule has 2 aromatic carbocycles. The zero-order valence-corrected chi connectivity index (χ0v) is 13.3. The van der Waals surface area contributed by atoms with Crippen LogP contribution in [0.15, 0.2) is 48.5 Å². The van der Waals surface area contributed by atoms with Crippen LogP contribution in [0.25, 0.3) is 0 Å². The Bertz CT molecular complexity index is 681. The third-order valence-corrected chi connectivity index (χ3v) is 4.65. The first-order valence-electron chi connectivity index (χ1n) is 8.35. The van der Waals surface area contributed by atoms with Crippen molar-refractivity contribution in [3.8, 4) is 5.75 Å². The Hall–Kier alpha value is -2.29. The molecule has 0 fully saturated rings. The smallest absolute Gasteiger partial charge is 0.220 e. The summed E-state index contributed by atoms with van der Waals surface area (Å²) < 4.78 is 0. The van der Waals surface area contributed by atoms with E-state index in [0.717, 1.165) is 18.4 Å². The number of para-hydroxylation sites is 1. The van der Waals surface area contributed by atoms with Crippen LogP contribution in [0.2, 0.25) is 0 Å². The standard InChI is InChI=1S/C20H23NO2/c22-19-11-4-2-7-16(19)12-13-20(23)21-14-17-9-5-8-15-6-1-3-10-18(15)17/h1-4,6-7,10-11,17,22H,5,8-9,12-14H2,(H,21,23). The third-order valence-electron chi connectivity index (χ3n) is 4.65. The number of carbonyl (C=O) groups is 1. The van der Waals surface area contributed by atoms with Gasteiger partial charge in [-0.05, 0) is 48.4 Å². The normalized spacial score (nSPS) is 16.6. The van der Waals surface area contributed by atoms with Crippen molar-refractivity contribution in [2.24, 2.45) is 0 Å². The van der Waals surface area contributed by atoms with E-state index in [-0.39, 0.29) is 11.7 Å². The molecular weight excluding hydrogens is 286 g/mol. The number of benzene rings is 2. The van der Waals surface area contributed by atoms with Crippen LogP contribution in [0.3, 0.4) is 0 Å². The van der Waals surface area contributed by atoms with Gasteiger partial charge in [-0.1, -0.05) is 42.5 Å². The Morgan fingerprint density at radius 3 is 2.78 bits per heavy atom. The van der Waals surface area contributed by atoms with Gasteiger partial charge in [0.05, 0.1) is 0 Å². The summed E-state index contributed by atoms with van der Waals surface area (Å²) in [5, 5.41) is 12.8. The fourth-order valence-corrected chi connectivity index (χ4v) is 3.36. The molecule has 0 saturated heterocycles. The minimum atomic E-state index is 0.0521. The summed E-state index contributed by atoms with van der Waals surface area (Å²) >= 11 is 0. The van der Waals surface area contributed by atoms with Crippen LogP contribution in [0.1, 0.15) is 41.9 Å². The number of phenolic OH excluding ortho intramolecular Hbond substituents is 1. The van der Waals surface area contributed by atoms with Gasteiger partial charge in [-0.3, -0.25) is 4.79 Å². The van der Waals surface area contributed by atoms with Crippen LogP contribution in [0, 0.1) is 0 Å². The van der Waals surface area contributed by atoms with E-state index in [0.29, 0.717) is 25.3 Å². The summed E-state index contributed by atoms with van der Waals surface area (Å²) in [6, 6.07) is 15.7. The van der Waals surface area contributed by atoms with Crippen molar-refractivity contribution in [3.63, 3.8) is 0 Å². The van der Waals surface area contributed by atoms with Gasteiger partial charge in [0.25, 0.3) is 0 Å². The van der Waals surface area contributed by atoms with Crippen molar-refractivity contribution in [1.29, 1.82) is 0 Å². The molecule has 0 radical (unpaired) electrons. The summed E-state index contributed by atoms with van der Waals surface area (Å²) in [5.74, 6) is 0.742. The topological polar surface area (TPSA) is 49.3 Å². The molecule has 1 aliphatic carbocycles. The SMILES string of the molecule is O=C(CCc1ccccc1O)NCC1CCCc2ccccc21. The number of rotatable bonds is 5. The van der Waals surface area contributed by atoms with Gasteiger partial charge in [-0.15, -0.1) is 0 Å². The number of fused-ring (bicyclic) bond motifs is 1. The second-order valence-corrected chi connectivity index (χ2v) is 6.22. The number of amides is 1. The highest BCUT2D eigenvalue weighted by atomic mass is 16.3. The number of aryl methyl sites for hydroxylation is 2. The summed E-state index contributed by atoms with van der Waals surface area (Å²) in [4.78, 5) is 12.1. The first-order valence-corrected chi connectivity index (χ1v) is 8.35. The van der Waals surface area contributed by atoms with Gasteiger partial charge < -0.3 is 10.4 Å². The molecule has 0 bridgehead atoms. The highest BCUT2D eigenvalue weighted by molar-refractivity contribution is 5.76. The average Bonchev–Trinajstić information content (AvgIpc) is 2.59. The highest BCUT2D eigenvalue weighted by Gasteiger charge is 2.20. The monoisotopic (exact) mass is 309 g/mol.